The summed E-state index contributed by atoms with van der Waals surface area (Å²) in [7, 11) is 0. The summed E-state index contributed by atoms with van der Waals surface area (Å²) in [5, 5.41) is 17.0. The molecular weight excluding hydrogens is 366 g/mol. The molecule has 0 spiro atoms. The number of nitrogens with one attached hydrogen (secondary N) is 2. The molecule has 4 bridgehead atoms. The molecule has 6 rings (SSSR count). The Bertz CT molecular complexity index is 786. The third-order valence-electron chi connectivity index (χ3n) is 7.44. The minimum atomic E-state index is -0.589. The number of rotatable bonds is 3. The molecule has 4 atom stereocenters. The molecule has 0 aromatic heterocycles. The van der Waals surface area contributed by atoms with Gasteiger partial charge in [0.2, 0.25) is 0 Å². The van der Waals surface area contributed by atoms with Gasteiger partial charge in [-0.25, -0.2) is 4.79 Å². The minimum Gasteiger partial charge on any atom is -0.390 e. The van der Waals surface area contributed by atoms with Crippen molar-refractivity contribution in [3.63, 3.8) is 0 Å². The molecule has 29 heavy (non-hydrogen) atoms. The van der Waals surface area contributed by atoms with E-state index in [0.717, 1.165) is 51.6 Å². The lowest BCUT2D eigenvalue weighted by atomic mass is 9.51. The second-order valence-electron chi connectivity index (χ2n) is 9.98. The van der Waals surface area contributed by atoms with E-state index in [4.69, 9.17) is 0 Å². The minimum absolute atomic E-state index is 0.0718. The van der Waals surface area contributed by atoms with Crippen LogP contribution in [0.1, 0.15) is 68.1 Å². The van der Waals surface area contributed by atoms with Gasteiger partial charge < -0.3 is 20.6 Å². The number of amides is 3. The maximum absolute atomic E-state index is 12.7. The van der Waals surface area contributed by atoms with Crippen molar-refractivity contribution < 1.29 is 14.7 Å². The molecule has 2 unspecified atom stereocenters. The van der Waals surface area contributed by atoms with E-state index in [9.17, 15) is 14.7 Å². The van der Waals surface area contributed by atoms with Crippen LogP contribution in [0.25, 0.3) is 0 Å². The Hall–Kier alpha value is -2.08. The highest BCUT2D eigenvalue weighted by molar-refractivity contribution is 5.95. The fourth-order valence-electron chi connectivity index (χ4n) is 6.74. The molecule has 1 heterocycles. The molecule has 6 nitrogen and oxygen atoms in total. The predicted molar refractivity (Wildman–Crippen MR) is 111 cm³/mol. The summed E-state index contributed by atoms with van der Waals surface area (Å²) in [5.41, 5.74) is 0.489. The van der Waals surface area contributed by atoms with Gasteiger partial charge in [-0.05, 0) is 93.9 Å². The molecule has 3 amide bonds. The fourth-order valence-corrected chi connectivity index (χ4v) is 6.74. The average molecular weight is 398 g/mol. The van der Waals surface area contributed by atoms with Crippen molar-refractivity contribution in [3.8, 4) is 0 Å². The van der Waals surface area contributed by atoms with Crippen LogP contribution >= 0.6 is 0 Å². The third kappa shape index (κ3) is 3.75. The lowest BCUT2D eigenvalue weighted by Crippen LogP contribution is -2.65. The molecular formula is C23H31N3O3. The van der Waals surface area contributed by atoms with E-state index in [0.29, 0.717) is 29.5 Å². The highest BCUT2D eigenvalue weighted by atomic mass is 16.3. The van der Waals surface area contributed by atoms with Gasteiger partial charge >= 0.3 is 6.03 Å². The van der Waals surface area contributed by atoms with Crippen LogP contribution in [0.2, 0.25) is 0 Å². The molecule has 4 saturated carbocycles. The second-order valence-corrected chi connectivity index (χ2v) is 9.98. The fraction of sp³-hybridized carbons (Fsp3) is 0.652. The predicted octanol–water partition coefficient (Wildman–Crippen LogP) is 3.52. The highest BCUT2D eigenvalue weighted by Crippen LogP contribution is 2.57. The van der Waals surface area contributed by atoms with Gasteiger partial charge in [-0.3, -0.25) is 4.79 Å². The summed E-state index contributed by atoms with van der Waals surface area (Å²) in [5.74, 6) is 1.13. The van der Waals surface area contributed by atoms with E-state index >= 15 is 0 Å². The van der Waals surface area contributed by atoms with Crippen LogP contribution in [0, 0.1) is 11.8 Å². The summed E-state index contributed by atoms with van der Waals surface area (Å²) in [6, 6.07) is 6.96. The normalized spacial score (nSPS) is 35.4. The number of hydrogen-bond acceptors (Lipinski definition) is 3. The summed E-state index contributed by atoms with van der Waals surface area (Å²) in [6.45, 7) is 1.66. The number of nitrogens with zero attached hydrogens (tertiary/aromatic N) is 1. The van der Waals surface area contributed by atoms with Crippen molar-refractivity contribution in [2.24, 2.45) is 11.8 Å². The van der Waals surface area contributed by atoms with Crippen molar-refractivity contribution >= 4 is 17.6 Å². The van der Waals surface area contributed by atoms with E-state index < -0.39 is 5.60 Å². The molecule has 6 heteroatoms. The van der Waals surface area contributed by atoms with E-state index in [1.54, 1.807) is 24.3 Å². The Morgan fingerprint density at radius 2 is 1.62 bits per heavy atom. The molecule has 1 aromatic rings. The number of benzene rings is 1. The first-order chi connectivity index (χ1) is 13.9. The van der Waals surface area contributed by atoms with E-state index in [2.05, 4.69) is 10.6 Å². The lowest BCUT2D eigenvalue weighted by molar-refractivity contribution is -0.138. The molecule has 1 aliphatic heterocycles. The molecule has 4 aliphatic carbocycles. The van der Waals surface area contributed by atoms with E-state index in [-0.39, 0.29) is 17.5 Å². The van der Waals surface area contributed by atoms with E-state index in [1.807, 2.05) is 4.90 Å². The smallest absolute Gasteiger partial charge is 0.319 e. The monoisotopic (exact) mass is 397 g/mol. The third-order valence-corrected chi connectivity index (χ3v) is 7.44. The Balaban J connectivity index is 1.21. The first-order valence-electron chi connectivity index (χ1n) is 11.1. The molecule has 5 aliphatic rings. The van der Waals surface area contributed by atoms with Crippen LogP contribution in [0.15, 0.2) is 24.3 Å². The molecule has 5 fully saturated rings. The van der Waals surface area contributed by atoms with Crippen molar-refractivity contribution in [1.82, 2.24) is 10.2 Å². The lowest BCUT2D eigenvalue weighted by Gasteiger charge is -2.60. The van der Waals surface area contributed by atoms with Gasteiger partial charge in [-0.2, -0.15) is 0 Å². The standard InChI is InChI=1S/C23H31N3O3/c27-20(26-8-2-1-3-9-26)18-4-6-19(7-5-18)24-21(28)25-22-11-16-10-17(12-22)14-23(29,13-16)15-22/h4-7,16-17,29H,1-3,8-15H2,(H2,24,25,28)/t16-,17+,22?,23?. The number of piperidine rings is 1. The van der Waals surface area contributed by atoms with Gasteiger partial charge in [0, 0.05) is 29.9 Å². The summed E-state index contributed by atoms with van der Waals surface area (Å²) >= 11 is 0. The molecule has 1 aromatic carbocycles. The molecule has 0 radical (unpaired) electrons. The van der Waals surface area contributed by atoms with Crippen molar-refractivity contribution in [1.29, 1.82) is 0 Å². The van der Waals surface area contributed by atoms with Crippen LogP contribution in [0.5, 0.6) is 0 Å². The Labute approximate surface area is 172 Å². The topological polar surface area (TPSA) is 81.7 Å². The van der Waals surface area contributed by atoms with Crippen molar-refractivity contribution in [3.05, 3.63) is 29.8 Å². The summed E-state index contributed by atoms with van der Waals surface area (Å²) in [6.07, 6.45) is 8.94. The van der Waals surface area contributed by atoms with Crippen LogP contribution in [0.3, 0.4) is 0 Å². The largest absolute Gasteiger partial charge is 0.390 e. The Morgan fingerprint density at radius 3 is 2.24 bits per heavy atom. The first-order valence-corrected chi connectivity index (χ1v) is 11.1. The quantitative estimate of drug-likeness (QED) is 0.730. The van der Waals surface area contributed by atoms with Gasteiger partial charge in [0.15, 0.2) is 0 Å². The average Bonchev–Trinajstić information content (AvgIpc) is 2.66. The van der Waals surface area contributed by atoms with Crippen LogP contribution < -0.4 is 10.6 Å². The Kier molecular flexibility index (Phi) is 4.57. The van der Waals surface area contributed by atoms with Gasteiger partial charge in [0.1, 0.15) is 0 Å². The number of carbonyl (C=O) groups is 2. The van der Waals surface area contributed by atoms with Crippen LogP contribution in [-0.4, -0.2) is 46.2 Å². The summed E-state index contributed by atoms with van der Waals surface area (Å²) in [4.78, 5) is 27.2. The molecule has 1 saturated heterocycles. The second kappa shape index (κ2) is 7.01. The van der Waals surface area contributed by atoms with Crippen molar-refractivity contribution in [2.45, 2.75) is 68.9 Å². The number of carbonyl (C=O) groups excluding carboxylic acids is 2. The summed E-state index contributed by atoms with van der Waals surface area (Å²) < 4.78 is 0. The van der Waals surface area contributed by atoms with E-state index in [1.165, 1.54) is 12.8 Å². The maximum Gasteiger partial charge on any atom is 0.319 e. The SMILES string of the molecule is O=C(Nc1ccc(C(=O)N2CCCCC2)cc1)NC12C[C@@H]3C[C@@H](CC(O)(C3)C1)C2. The van der Waals surface area contributed by atoms with Crippen molar-refractivity contribution in [2.75, 3.05) is 18.4 Å². The zero-order valence-electron chi connectivity index (χ0n) is 17.0. The zero-order valence-corrected chi connectivity index (χ0v) is 17.0. The highest BCUT2D eigenvalue weighted by Gasteiger charge is 2.57. The molecule has 3 N–H and O–H groups in total. The Morgan fingerprint density at radius 1 is 0.966 bits per heavy atom. The number of likely N-dealkylation sites (tertiary alicyclic amines) is 1. The van der Waals surface area contributed by atoms with Gasteiger partial charge in [-0.15, -0.1) is 0 Å². The van der Waals surface area contributed by atoms with Crippen LogP contribution in [0.4, 0.5) is 10.5 Å². The number of hydrogen-bond donors (Lipinski definition) is 3. The zero-order chi connectivity index (χ0) is 20.1. The maximum atomic E-state index is 12.7. The van der Waals surface area contributed by atoms with Gasteiger partial charge in [0.05, 0.1) is 5.60 Å². The molecule has 156 valence electrons. The first kappa shape index (κ1) is 18.9. The number of anilines is 1. The number of aliphatic hydroxyl groups is 1. The van der Waals surface area contributed by atoms with Crippen LogP contribution in [-0.2, 0) is 0 Å². The van der Waals surface area contributed by atoms with Gasteiger partial charge in [0.25, 0.3) is 5.91 Å². The van der Waals surface area contributed by atoms with Gasteiger partial charge in [-0.1, -0.05) is 0 Å². The number of urea groups is 1.